The van der Waals surface area contributed by atoms with E-state index in [9.17, 15) is 4.79 Å². The number of hydrogen-bond donors (Lipinski definition) is 1. The van der Waals surface area contributed by atoms with Gasteiger partial charge in [-0.1, -0.05) is 25.1 Å². The smallest absolute Gasteiger partial charge is 0.240 e. The molecule has 0 aromatic rings. The Hall–Kier alpha value is -0.573. The van der Waals surface area contributed by atoms with E-state index in [-0.39, 0.29) is 15.4 Å². The van der Waals surface area contributed by atoms with Crippen LogP contribution >= 0.6 is 0 Å². The molecule has 0 unspecified atom stereocenters. The highest BCUT2D eigenvalue weighted by atomic mass is 28.2. The van der Waals surface area contributed by atoms with Crippen LogP contribution in [0.4, 0.5) is 0 Å². The Bertz CT molecular complexity index is 112. The minimum absolute atomic E-state index is 0.113. The summed E-state index contributed by atoms with van der Waals surface area (Å²) in [4.78, 5) is 10.1. The highest BCUT2D eigenvalue weighted by Gasteiger charge is 1.81. The van der Waals surface area contributed by atoms with E-state index in [4.69, 9.17) is 5.73 Å². The van der Waals surface area contributed by atoms with Gasteiger partial charge in [0, 0.05) is 9.52 Å². The van der Waals surface area contributed by atoms with Gasteiger partial charge in [0.25, 0.3) is 0 Å². The lowest BCUT2D eigenvalue weighted by atomic mass is 10.6. The molecule has 0 aliphatic heterocycles. The van der Waals surface area contributed by atoms with Crippen molar-refractivity contribution >= 4 is 15.4 Å². The van der Waals surface area contributed by atoms with Gasteiger partial charge < -0.3 is 5.73 Å². The monoisotopic (exact) mass is 143 g/mol. The number of rotatable bonds is 4. The average molecular weight is 143 g/mol. The first-order valence-electron chi connectivity index (χ1n) is 3.23. The molecule has 0 aliphatic carbocycles. The van der Waals surface area contributed by atoms with Gasteiger partial charge in [-0.3, -0.25) is 4.79 Å². The third kappa shape index (κ3) is 7.43. The summed E-state index contributed by atoms with van der Waals surface area (Å²) in [6.07, 6.45) is 2.69. The van der Waals surface area contributed by atoms with Gasteiger partial charge in [-0.2, -0.15) is 0 Å². The Morgan fingerprint density at radius 1 is 1.78 bits per heavy atom. The van der Waals surface area contributed by atoms with Crippen LogP contribution in [0.25, 0.3) is 0 Å². The molecule has 0 heterocycles. The maximum absolute atomic E-state index is 10.1. The van der Waals surface area contributed by atoms with E-state index >= 15 is 0 Å². The van der Waals surface area contributed by atoms with Gasteiger partial charge in [0.05, 0.1) is 0 Å². The largest absolute Gasteiger partial charge is 0.366 e. The topological polar surface area (TPSA) is 43.1 Å². The first kappa shape index (κ1) is 8.43. The van der Waals surface area contributed by atoms with Gasteiger partial charge in [0.1, 0.15) is 0 Å². The first-order valence-corrected chi connectivity index (χ1v) is 5.05. The molecular formula is C6H13NOSi. The highest BCUT2D eigenvalue weighted by Crippen LogP contribution is 1.84. The minimum Gasteiger partial charge on any atom is -0.366 e. The van der Waals surface area contributed by atoms with Gasteiger partial charge in [0.2, 0.25) is 5.91 Å². The van der Waals surface area contributed by atoms with Gasteiger partial charge in [-0.15, -0.1) is 0 Å². The first-order chi connectivity index (χ1) is 4.27. The lowest BCUT2D eigenvalue weighted by Crippen LogP contribution is -2.05. The molecule has 9 heavy (non-hydrogen) atoms. The Morgan fingerprint density at radius 2 is 2.44 bits per heavy atom. The van der Waals surface area contributed by atoms with E-state index in [0.29, 0.717) is 0 Å². The molecule has 3 heteroatoms. The highest BCUT2D eigenvalue weighted by molar-refractivity contribution is 6.42. The number of hydrogen-bond acceptors (Lipinski definition) is 1. The minimum atomic E-state index is -0.321. The molecule has 0 rings (SSSR count). The molecule has 0 saturated heterocycles. The lowest BCUT2D eigenvalue weighted by Gasteiger charge is -1.84. The molecule has 0 radical (unpaired) electrons. The number of primary amides is 1. The number of carbonyl (C=O) groups is 1. The van der Waals surface area contributed by atoms with Crippen molar-refractivity contribution in [2.75, 3.05) is 0 Å². The summed E-state index contributed by atoms with van der Waals surface area (Å²) < 4.78 is 0. The Balaban J connectivity index is 3.15. The predicted molar refractivity (Wildman–Crippen MR) is 42.0 cm³/mol. The fourth-order valence-corrected chi connectivity index (χ4v) is 1.56. The summed E-state index contributed by atoms with van der Waals surface area (Å²) in [5.74, 6) is -0.321. The second-order valence-electron chi connectivity index (χ2n) is 1.95. The Morgan fingerprint density at radius 3 is 2.89 bits per heavy atom. The molecule has 2 N–H and O–H groups in total. The second-order valence-corrected chi connectivity index (χ2v) is 3.70. The molecule has 0 fully saturated rings. The van der Waals surface area contributed by atoms with Crippen molar-refractivity contribution in [3.63, 3.8) is 0 Å². The standard InChI is InChI=1S/C6H13NOSi/c1-2-4-9-5-3-6(7)8/h3,5H,2,4,9H2,1H3,(H2,7,8). The van der Waals surface area contributed by atoms with Crippen LogP contribution in [0.3, 0.4) is 0 Å². The van der Waals surface area contributed by atoms with Crippen LogP contribution in [0.15, 0.2) is 11.8 Å². The predicted octanol–water partition coefficient (Wildman–Crippen LogP) is -0.0175. The quantitative estimate of drug-likeness (QED) is 0.335. The van der Waals surface area contributed by atoms with Crippen LogP contribution in [-0.2, 0) is 4.79 Å². The summed E-state index contributed by atoms with van der Waals surface area (Å²) in [5.41, 5.74) is 6.82. The SMILES string of the molecule is CCC[SiH2]C=CC(N)=O. The number of amides is 1. The van der Waals surface area contributed by atoms with E-state index in [2.05, 4.69) is 6.92 Å². The molecule has 0 aliphatic rings. The summed E-state index contributed by atoms with van der Waals surface area (Å²) in [6.45, 7) is 2.14. The summed E-state index contributed by atoms with van der Waals surface area (Å²) in [6, 6.07) is 1.27. The third-order valence-corrected chi connectivity index (χ3v) is 2.69. The number of nitrogens with two attached hydrogens (primary N) is 1. The third-order valence-electron chi connectivity index (χ3n) is 1.01. The van der Waals surface area contributed by atoms with E-state index < -0.39 is 0 Å². The molecule has 2 nitrogen and oxygen atoms in total. The van der Waals surface area contributed by atoms with Gasteiger partial charge in [0.15, 0.2) is 0 Å². The zero-order chi connectivity index (χ0) is 7.11. The van der Waals surface area contributed by atoms with E-state index in [1.54, 1.807) is 0 Å². The van der Waals surface area contributed by atoms with Crippen molar-refractivity contribution < 1.29 is 4.79 Å². The number of carbonyl (C=O) groups excluding carboxylic acids is 1. The van der Waals surface area contributed by atoms with Crippen molar-refractivity contribution in [3.8, 4) is 0 Å². The lowest BCUT2D eigenvalue weighted by molar-refractivity contribution is -0.113. The zero-order valence-corrected chi connectivity index (χ0v) is 7.18. The molecule has 1 amide bonds. The van der Waals surface area contributed by atoms with Crippen LogP contribution in [0.2, 0.25) is 6.04 Å². The zero-order valence-electron chi connectivity index (χ0n) is 5.76. The second kappa shape index (κ2) is 5.56. The molecule has 0 spiro atoms. The van der Waals surface area contributed by atoms with Crippen LogP contribution in [-0.4, -0.2) is 15.4 Å². The fraction of sp³-hybridized carbons (Fsp3) is 0.500. The van der Waals surface area contributed by atoms with Crippen LogP contribution in [0.5, 0.6) is 0 Å². The van der Waals surface area contributed by atoms with Gasteiger partial charge >= 0.3 is 0 Å². The summed E-state index contributed by atoms with van der Waals surface area (Å²) in [7, 11) is -0.113. The van der Waals surface area contributed by atoms with Crippen LogP contribution < -0.4 is 5.73 Å². The van der Waals surface area contributed by atoms with Crippen LogP contribution in [0, 0.1) is 0 Å². The Kier molecular flexibility index (Phi) is 5.21. The van der Waals surface area contributed by atoms with Crippen molar-refractivity contribution in [2.45, 2.75) is 19.4 Å². The summed E-state index contributed by atoms with van der Waals surface area (Å²) >= 11 is 0. The van der Waals surface area contributed by atoms with E-state index in [1.807, 2.05) is 5.70 Å². The van der Waals surface area contributed by atoms with Gasteiger partial charge in [-0.25, -0.2) is 0 Å². The fourth-order valence-electron chi connectivity index (χ4n) is 0.521. The average Bonchev–Trinajstić information content (AvgIpc) is 1.80. The molecule has 0 bridgehead atoms. The molecular weight excluding hydrogens is 130 g/mol. The van der Waals surface area contributed by atoms with E-state index in [1.165, 1.54) is 18.5 Å². The maximum atomic E-state index is 10.1. The van der Waals surface area contributed by atoms with Crippen LogP contribution in [0.1, 0.15) is 13.3 Å². The summed E-state index contributed by atoms with van der Waals surface area (Å²) in [5, 5.41) is 0. The Labute approximate surface area is 58.0 Å². The van der Waals surface area contributed by atoms with E-state index in [0.717, 1.165) is 0 Å². The molecule has 0 atom stereocenters. The van der Waals surface area contributed by atoms with Crippen molar-refractivity contribution in [1.82, 2.24) is 0 Å². The van der Waals surface area contributed by atoms with Crippen molar-refractivity contribution in [3.05, 3.63) is 11.8 Å². The molecule has 0 aromatic heterocycles. The van der Waals surface area contributed by atoms with Crippen molar-refractivity contribution in [1.29, 1.82) is 0 Å². The normalized spacial score (nSPS) is 11.7. The maximum Gasteiger partial charge on any atom is 0.240 e. The van der Waals surface area contributed by atoms with Crippen molar-refractivity contribution in [2.24, 2.45) is 5.73 Å². The van der Waals surface area contributed by atoms with Gasteiger partial charge in [-0.05, 0) is 6.08 Å². The molecule has 0 aromatic carbocycles. The molecule has 0 saturated carbocycles. The molecule has 52 valence electrons.